The summed E-state index contributed by atoms with van der Waals surface area (Å²) in [6.45, 7) is 1.89. The Bertz CT molecular complexity index is 1070. The summed E-state index contributed by atoms with van der Waals surface area (Å²) in [5, 5.41) is 6.70. The van der Waals surface area contributed by atoms with E-state index in [1.165, 1.54) is 17.4 Å². The van der Waals surface area contributed by atoms with Crippen LogP contribution in [0.4, 0.5) is 18.7 Å². The van der Waals surface area contributed by atoms with Gasteiger partial charge in [0.15, 0.2) is 16.8 Å². The van der Waals surface area contributed by atoms with Gasteiger partial charge >= 0.3 is 6.03 Å². The zero-order chi connectivity index (χ0) is 20.5. The molecule has 3 aromatic rings. The Kier molecular flexibility index (Phi) is 5.52. The first kappa shape index (κ1) is 19.8. The average molecular weight is 434 g/mol. The molecule has 1 fully saturated rings. The van der Waals surface area contributed by atoms with Crippen LogP contribution in [0.15, 0.2) is 42.5 Å². The molecular weight excluding hydrogens is 416 g/mol. The Morgan fingerprint density at radius 3 is 2.86 bits per heavy atom. The predicted octanol–water partition coefficient (Wildman–Crippen LogP) is 5.65. The third-order valence-electron chi connectivity index (χ3n) is 4.85. The second kappa shape index (κ2) is 8.08. The van der Waals surface area contributed by atoms with Gasteiger partial charge in [-0.25, -0.2) is 18.6 Å². The number of nitrogens with zero attached hydrogens (tertiary/aromatic N) is 1. The highest BCUT2D eigenvalue weighted by Crippen LogP contribution is 2.42. The Morgan fingerprint density at radius 1 is 1.28 bits per heavy atom. The van der Waals surface area contributed by atoms with E-state index < -0.39 is 17.7 Å². The number of carbonyl (C=O) groups excluding carboxylic acids is 1. The molecule has 8 heteroatoms. The van der Waals surface area contributed by atoms with Crippen LogP contribution in [0.25, 0.3) is 0 Å². The van der Waals surface area contributed by atoms with Gasteiger partial charge in [-0.2, -0.15) is 0 Å². The third-order valence-corrected chi connectivity index (χ3v) is 6.16. The van der Waals surface area contributed by atoms with Crippen LogP contribution in [0.5, 0.6) is 0 Å². The van der Waals surface area contributed by atoms with Crippen LogP contribution in [-0.2, 0) is 6.42 Å². The number of aryl methyl sites for hydroxylation is 1. The fraction of sp³-hybridized carbons (Fsp3) is 0.238. The molecule has 0 unspecified atom stereocenters. The van der Waals surface area contributed by atoms with Gasteiger partial charge in [0.25, 0.3) is 0 Å². The quantitative estimate of drug-likeness (QED) is 0.546. The molecule has 1 saturated carbocycles. The van der Waals surface area contributed by atoms with Gasteiger partial charge in [-0.1, -0.05) is 35.9 Å². The van der Waals surface area contributed by atoms with E-state index in [0.29, 0.717) is 28.6 Å². The minimum absolute atomic E-state index is 0.215. The van der Waals surface area contributed by atoms with Crippen molar-refractivity contribution in [2.45, 2.75) is 31.7 Å². The van der Waals surface area contributed by atoms with Crippen molar-refractivity contribution < 1.29 is 13.6 Å². The fourth-order valence-electron chi connectivity index (χ4n) is 3.28. The number of carbonyl (C=O) groups is 1. The predicted molar refractivity (Wildman–Crippen MR) is 111 cm³/mol. The lowest BCUT2D eigenvalue weighted by atomic mass is 10.1. The molecule has 2 amide bonds. The maximum Gasteiger partial charge on any atom is 0.321 e. The molecule has 1 aliphatic carbocycles. The highest BCUT2D eigenvalue weighted by Gasteiger charge is 2.41. The van der Waals surface area contributed by atoms with Crippen LogP contribution < -0.4 is 10.6 Å². The number of urea groups is 1. The highest BCUT2D eigenvalue weighted by atomic mass is 35.5. The standard InChI is InChI=1S/C21H18ClF2N3OS/c1-11-18(9-12-4-2-5-13(22)8-12)29-21(25-11)27-20(28)26-17-10-15(17)14-6-3-7-16(23)19(14)24/h2-8,15,17H,9-10H2,1H3,(H2,25,26,27,28)/t15-,17+/m0/s1. The van der Waals surface area contributed by atoms with Gasteiger partial charge < -0.3 is 5.32 Å². The largest absolute Gasteiger partial charge is 0.334 e. The van der Waals surface area contributed by atoms with E-state index in [4.69, 9.17) is 11.6 Å². The minimum atomic E-state index is -0.872. The van der Waals surface area contributed by atoms with Gasteiger partial charge in [0.05, 0.1) is 5.69 Å². The number of nitrogens with one attached hydrogen (secondary N) is 2. The number of rotatable bonds is 5. The van der Waals surface area contributed by atoms with Crippen molar-refractivity contribution in [3.8, 4) is 0 Å². The lowest BCUT2D eigenvalue weighted by Gasteiger charge is -2.06. The van der Waals surface area contributed by atoms with Crippen molar-refractivity contribution in [1.82, 2.24) is 10.3 Å². The Balaban J connectivity index is 1.35. The van der Waals surface area contributed by atoms with E-state index in [0.717, 1.165) is 22.2 Å². The number of benzene rings is 2. The number of amides is 2. The molecular formula is C21H18ClF2N3OS. The minimum Gasteiger partial charge on any atom is -0.334 e. The summed E-state index contributed by atoms with van der Waals surface area (Å²) in [6.07, 6.45) is 1.25. The molecule has 0 aliphatic heterocycles. The number of hydrogen-bond donors (Lipinski definition) is 2. The van der Waals surface area contributed by atoms with Crippen molar-refractivity contribution in [3.63, 3.8) is 0 Å². The zero-order valence-corrected chi connectivity index (χ0v) is 17.1. The first-order valence-electron chi connectivity index (χ1n) is 9.13. The van der Waals surface area contributed by atoms with Gasteiger partial charge in [0.1, 0.15) is 0 Å². The van der Waals surface area contributed by atoms with Gasteiger partial charge in [-0.15, -0.1) is 11.3 Å². The molecule has 1 aliphatic rings. The van der Waals surface area contributed by atoms with E-state index in [2.05, 4.69) is 15.6 Å². The van der Waals surface area contributed by atoms with Crippen LogP contribution >= 0.6 is 22.9 Å². The maximum atomic E-state index is 13.9. The number of aromatic nitrogens is 1. The van der Waals surface area contributed by atoms with E-state index in [9.17, 15) is 13.6 Å². The third kappa shape index (κ3) is 4.57. The molecule has 0 saturated heterocycles. The summed E-state index contributed by atoms with van der Waals surface area (Å²) in [4.78, 5) is 17.7. The van der Waals surface area contributed by atoms with Crippen LogP contribution in [0.3, 0.4) is 0 Å². The second-order valence-electron chi connectivity index (χ2n) is 7.02. The van der Waals surface area contributed by atoms with Gasteiger partial charge in [0, 0.05) is 28.3 Å². The lowest BCUT2D eigenvalue weighted by Crippen LogP contribution is -2.31. The molecule has 29 heavy (non-hydrogen) atoms. The van der Waals surface area contributed by atoms with Crippen molar-refractivity contribution in [2.24, 2.45) is 0 Å². The molecule has 0 radical (unpaired) electrons. The topological polar surface area (TPSA) is 54.0 Å². The number of anilines is 1. The molecule has 150 valence electrons. The Hall–Kier alpha value is -2.51. The summed E-state index contributed by atoms with van der Waals surface area (Å²) >= 11 is 7.43. The van der Waals surface area contributed by atoms with Crippen molar-refractivity contribution in [3.05, 3.63) is 80.8 Å². The van der Waals surface area contributed by atoms with Crippen LogP contribution in [0.2, 0.25) is 5.02 Å². The van der Waals surface area contributed by atoms with Crippen molar-refractivity contribution >= 4 is 34.1 Å². The van der Waals surface area contributed by atoms with Gasteiger partial charge in [0.2, 0.25) is 0 Å². The molecule has 0 bridgehead atoms. The molecule has 2 atom stereocenters. The smallest absolute Gasteiger partial charge is 0.321 e. The average Bonchev–Trinajstić information content (AvgIpc) is 3.33. The summed E-state index contributed by atoms with van der Waals surface area (Å²) in [6, 6.07) is 11.1. The normalized spacial score (nSPS) is 17.8. The van der Waals surface area contributed by atoms with E-state index in [-0.39, 0.29) is 12.0 Å². The molecule has 1 heterocycles. The monoisotopic (exact) mass is 433 g/mol. The maximum absolute atomic E-state index is 13.9. The molecule has 0 spiro atoms. The van der Waals surface area contributed by atoms with Crippen LogP contribution in [0, 0.1) is 18.6 Å². The van der Waals surface area contributed by atoms with E-state index in [1.807, 2.05) is 31.2 Å². The fourth-order valence-corrected chi connectivity index (χ4v) is 4.49. The van der Waals surface area contributed by atoms with Crippen molar-refractivity contribution in [1.29, 1.82) is 0 Å². The molecule has 1 aromatic heterocycles. The van der Waals surface area contributed by atoms with Crippen molar-refractivity contribution in [2.75, 3.05) is 5.32 Å². The Labute approximate surface area is 175 Å². The lowest BCUT2D eigenvalue weighted by molar-refractivity contribution is 0.251. The summed E-state index contributed by atoms with van der Waals surface area (Å²) in [7, 11) is 0. The Morgan fingerprint density at radius 2 is 2.07 bits per heavy atom. The first-order chi connectivity index (χ1) is 13.9. The molecule has 4 rings (SSSR count). The SMILES string of the molecule is Cc1nc(NC(=O)N[C@@H]2C[C@H]2c2cccc(F)c2F)sc1Cc1cccc(Cl)c1. The molecule has 2 N–H and O–H groups in total. The molecule has 2 aromatic carbocycles. The highest BCUT2D eigenvalue weighted by molar-refractivity contribution is 7.15. The summed E-state index contributed by atoms with van der Waals surface area (Å²) in [5.74, 6) is -1.93. The van der Waals surface area contributed by atoms with Crippen LogP contribution in [0.1, 0.15) is 34.0 Å². The summed E-state index contributed by atoms with van der Waals surface area (Å²) < 4.78 is 27.3. The van der Waals surface area contributed by atoms with E-state index in [1.54, 1.807) is 6.07 Å². The van der Waals surface area contributed by atoms with Gasteiger partial charge in [-0.3, -0.25) is 5.32 Å². The summed E-state index contributed by atoms with van der Waals surface area (Å²) in [5.41, 5.74) is 2.21. The van der Waals surface area contributed by atoms with Crippen LogP contribution in [-0.4, -0.2) is 17.1 Å². The van der Waals surface area contributed by atoms with Gasteiger partial charge in [-0.05, 0) is 42.7 Å². The zero-order valence-electron chi connectivity index (χ0n) is 15.5. The second-order valence-corrected chi connectivity index (χ2v) is 8.54. The number of halogens is 3. The number of hydrogen-bond acceptors (Lipinski definition) is 3. The molecule has 4 nitrogen and oxygen atoms in total. The first-order valence-corrected chi connectivity index (χ1v) is 10.3. The number of thiazole rings is 1. The van der Waals surface area contributed by atoms with E-state index >= 15 is 0 Å².